The molecule has 1 amide bonds. The first-order chi connectivity index (χ1) is 12.0. The molecule has 0 spiro atoms. The van der Waals surface area contributed by atoms with Crippen molar-refractivity contribution < 1.29 is 9.18 Å². The van der Waals surface area contributed by atoms with Crippen LogP contribution < -0.4 is 5.32 Å². The smallest absolute Gasteiger partial charge is 0.256 e. The number of aryl methyl sites for hydroxylation is 2. The zero-order valence-corrected chi connectivity index (χ0v) is 14.6. The van der Waals surface area contributed by atoms with Crippen molar-refractivity contribution in [2.24, 2.45) is 0 Å². The highest BCUT2D eigenvalue weighted by Gasteiger charge is 2.21. The minimum atomic E-state index is -0.347. The van der Waals surface area contributed by atoms with Crippen molar-refractivity contribution in [2.45, 2.75) is 20.4 Å². The fourth-order valence-electron chi connectivity index (χ4n) is 2.49. The third-order valence-corrected chi connectivity index (χ3v) is 4.23. The summed E-state index contributed by atoms with van der Waals surface area (Å²) < 4.78 is 14.5. The standard InChI is InChI=1S/C19H17ClFN3O/c1-12-3-5-14(6-4-12)11-22-19(25)17-13(2)23-24(18(17)20)16-9-7-15(21)8-10-16/h3-10H,11H2,1-2H3,(H,22,25). The first-order valence-electron chi connectivity index (χ1n) is 7.80. The van der Waals surface area contributed by atoms with E-state index in [0.717, 1.165) is 11.1 Å². The van der Waals surface area contributed by atoms with E-state index < -0.39 is 0 Å². The van der Waals surface area contributed by atoms with Crippen molar-refractivity contribution in [2.75, 3.05) is 0 Å². The van der Waals surface area contributed by atoms with E-state index in [1.165, 1.54) is 16.8 Å². The fraction of sp³-hybridized carbons (Fsp3) is 0.158. The average molecular weight is 358 g/mol. The van der Waals surface area contributed by atoms with Gasteiger partial charge < -0.3 is 5.32 Å². The van der Waals surface area contributed by atoms with Crippen molar-refractivity contribution in [1.29, 1.82) is 0 Å². The summed E-state index contributed by atoms with van der Waals surface area (Å²) in [7, 11) is 0. The monoisotopic (exact) mass is 357 g/mol. The summed E-state index contributed by atoms with van der Waals surface area (Å²) in [6, 6.07) is 13.7. The van der Waals surface area contributed by atoms with E-state index >= 15 is 0 Å². The van der Waals surface area contributed by atoms with Gasteiger partial charge in [-0.3, -0.25) is 4.79 Å². The Hall–Kier alpha value is -2.66. The van der Waals surface area contributed by atoms with E-state index in [4.69, 9.17) is 11.6 Å². The normalized spacial score (nSPS) is 10.7. The highest BCUT2D eigenvalue weighted by molar-refractivity contribution is 6.33. The molecular weight excluding hydrogens is 341 g/mol. The second kappa shape index (κ2) is 7.07. The largest absolute Gasteiger partial charge is 0.348 e. The summed E-state index contributed by atoms with van der Waals surface area (Å²) >= 11 is 6.35. The highest BCUT2D eigenvalue weighted by atomic mass is 35.5. The van der Waals surface area contributed by atoms with Gasteiger partial charge in [0.05, 0.1) is 16.9 Å². The Balaban J connectivity index is 1.81. The Bertz CT molecular complexity index is 902. The molecule has 25 heavy (non-hydrogen) atoms. The van der Waals surface area contributed by atoms with Gasteiger partial charge in [-0.2, -0.15) is 5.10 Å². The molecule has 0 atom stereocenters. The lowest BCUT2D eigenvalue weighted by molar-refractivity contribution is 0.0950. The molecule has 1 aromatic heterocycles. The van der Waals surface area contributed by atoms with Crippen LogP contribution in [0.4, 0.5) is 4.39 Å². The van der Waals surface area contributed by atoms with Gasteiger partial charge in [-0.25, -0.2) is 9.07 Å². The van der Waals surface area contributed by atoms with Crippen LogP contribution in [0.1, 0.15) is 27.2 Å². The van der Waals surface area contributed by atoms with E-state index in [-0.39, 0.29) is 16.9 Å². The van der Waals surface area contributed by atoms with E-state index in [1.54, 1.807) is 19.1 Å². The Kier molecular flexibility index (Phi) is 4.86. The van der Waals surface area contributed by atoms with Crippen molar-refractivity contribution in [3.05, 3.63) is 81.9 Å². The minimum absolute atomic E-state index is 0.200. The molecule has 3 aromatic rings. The van der Waals surface area contributed by atoms with Crippen molar-refractivity contribution in [3.63, 3.8) is 0 Å². The van der Waals surface area contributed by atoms with E-state index in [0.29, 0.717) is 23.5 Å². The molecule has 0 aliphatic rings. The Labute approximate surface area is 150 Å². The molecule has 1 N–H and O–H groups in total. The van der Waals surface area contributed by atoms with Gasteiger partial charge in [0.2, 0.25) is 0 Å². The van der Waals surface area contributed by atoms with Crippen LogP contribution in [0, 0.1) is 19.7 Å². The Morgan fingerprint density at radius 1 is 1.12 bits per heavy atom. The van der Waals surface area contributed by atoms with Crippen molar-refractivity contribution in [1.82, 2.24) is 15.1 Å². The minimum Gasteiger partial charge on any atom is -0.348 e. The third kappa shape index (κ3) is 3.72. The number of halogens is 2. The van der Waals surface area contributed by atoms with Gasteiger partial charge in [-0.1, -0.05) is 41.4 Å². The molecule has 0 fully saturated rings. The number of nitrogens with one attached hydrogen (secondary N) is 1. The van der Waals surface area contributed by atoms with Gasteiger partial charge in [0.15, 0.2) is 0 Å². The van der Waals surface area contributed by atoms with Gasteiger partial charge in [-0.05, 0) is 43.7 Å². The molecule has 0 saturated heterocycles. The number of hydrogen-bond donors (Lipinski definition) is 1. The molecule has 1 heterocycles. The molecule has 128 valence electrons. The fourth-order valence-corrected chi connectivity index (χ4v) is 2.85. The summed E-state index contributed by atoms with van der Waals surface area (Å²) in [6.07, 6.45) is 0. The summed E-state index contributed by atoms with van der Waals surface area (Å²) in [6.45, 7) is 4.12. The lowest BCUT2D eigenvalue weighted by Gasteiger charge is -2.06. The van der Waals surface area contributed by atoms with Crippen LogP contribution in [-0.4, -0.2) is 15.7 Å². The number of amides is 1. The molecule has 0 saturated carbocycles. The number of rotatable bonds is 4. The van der Waals surface area contributed by atoms with Gasteiger partial charge in [0.1, 0.15) is 11.0 Å². The van der Waals surface area contributed by atoms with Gasteiger partial charge >= 0.3 is 0 Å². The van der Waals surface area contributed by atoms with E-state index in [9.17, 15) is 9.18 Å². The molecule has 2 aromatic carbocycles. The summed E-state index contributed by atoms with van der Waals surface area (Å²) in [5, 5.41) is 7.35. The van der Waals surface area contributed by atoms with Gasteiger partial charge in [0, 0.05) is 6.54 Å². The van der Waals surface area contributed by atoms with Crippen LogP contribution in [0.3, 0.4) is 0 Å². The summed E-state index contributed by atoms with van der Waals surface area (Å²) in [5.41, 5.74) is 3.58. The summed E-state index contributed by atoms with van der Waals surface area (Å²) in [4.78, 5) is 12.5. The van der Waals surface area contributed by atoms with E-state index in [1.807, 2.05) is 31.2 Å². The van der Waals surface area contributed by atoms with Crippen molar-refractivity contribution in [3.8, 4) is 5.69 Å². The molecule has 0 unspecified atom stereocenters. The SMILES string of the molecule is Cc1ccc(CNC(=O)c2c(C)nn(-c3ccc(F)cc3)c2Cl)cc1. The van der Waals surface area contributed by atoms with Crippen LogP contribution in [0.25, 0.3) is 5.69 Å². The van der Waals surface area contributed by atoms with E-state index in [2.05, 4.69) is 10.4 Å². The zero-order chi connectivity index (χ0) is 18.0. The first kappa shape index (κ1) is 17.2. The molecule has 4 nitrogen and oxygen atoms in total. The molecule has 0 bridgehead atoms. The molecule has 6 heteroatoms. The van der Waals surface area contributed by atoms with Crippen LogP contribution in [0.15, 0.2) is 48.5 Å². The quantitative estimate of drug-likeness (QED) is 0.760. The molecule has 0 aliphatic heterocycles. The van der Waals surface area contributed by atoms with Gasteiger partial charge in [0.25, 0.3) is 5.91 Å². The maximum Gasteiger partial charge on any atom is 0.256 e. The predicted molar refractivity (Wildman–Crippen MR) is 95.6 cm³/mol. The van der Waals surface area contributed by atoms with Crippen LogP contribution >= 0.6 is 11.6 Å². The summed E-state index contributed by atoms with van der Waals surface area (Å²) in [5.74, 6) is -0.642. The second-order valence-electron chi connectivity index (χ2n) is 5.81. The number of nitrogens with zero attached hydrogens (tertiary/aromatic N) is 2. The zero-order valence-electron chi connectivity index (χ0n) is 13.9. The lowest BCUT2D eigenvalue weighted by Crippen LogP contribution is -2.23. The Morgan fingerprint density at radius 2 is 1.76 bits per heavy atom. The molecule has 0 radical (unpaired) electrons. The molecule has 3 rings (SSSR count). The number of aromatic nitrogens is 2. The molecule has 0 aliphatic carbocycles. The number of carbonyl (C=O) groups excluding carboxylic acids is 1. The molecular formula is C19H17ClFN3O. The predicted octanol–water partition coefficient (Wildman–Crippen LogP) is 4.21. The maximum absolute atomic E-state index is 13.1. The van der Waals surface area contributed by atoms with Gasteiger partial charge in [-0.15, -0.1) is 0 Å². The third-order valence-electron chi connectivity index (χ3n) is 3.88. The van der Waals surface area contributed by atoms with Crippen molar-refractivity contribution >= 4 is 17.5 Å². The van der Waals surface area contributed by atoms with Crippen LogP contribution in [-0.2, 0) is 6.54 Å². The lowest BCUT2D eigenvalue weighted by atomic mass is 10.1. The Morgan fingerprint density at radius 3 is 2.40 bits per heavy atom. The van der Waals surface area contributed by atoms with Crippen LogP contribution in [0.5, 0.6) is 0 Å². The number of carbonyl (C=O) groups is 1. The average Bonchev–Trinajstić information content (AvgIpc) is 2.89. The first-order valence-corrected chi connectivity index (χ1v) is 8.18. The second-order valence-corrected chi connectivity index (χ2v) is 6.17. The topological polar surface area (TPSA) is 46.9 Å². The number of hydrogen-bond acceptors (Lipinski definition) is 2. The number of benzene rings is 2. The maximum atomic E-state index is 13.1. The van der Waals surface area contributed by atoms with Crippen LogP contribution in [0.2, 0.25) is 5.15 Å². The highest BCUT2D eigenvalue weighted by Crippen LogP contribution is 2.23.